The molecule has 1 heterocycles. The van der Waals surface area contributed by atoms with Crippen LogP contribution in [0, 0.1) is 23.2 Å². The van der Waals surface area contributed by atoms with Crippen LogP contribution in [0.25, 0.3) is 0 Å². The Bertz CT molecular complexity index is 890. The average Bonchev–Trinajstić information content (AvgIpc) is 3.12. The molecule has 0 saturated heterocycles. The lowest BCUT2D eigenvalue weighted by molar-refractivity contribution is -0.119. The van der Waals surface area contributed by atoms with Crippen molar-refractivity contribution in [3.8, 4) is 0 Å². The molecule has 4 fully saturated rings. The highest BCUT2D eigenvalue weighted by Gasteiger charge is 2.51. The lowest BCUT2D eigenvalue weighted by Crippen LogP contribution is -2.47. The number of hydrogen-bond acceptors (Lipinski definition) is 4. The van der Waals surface area contributed by atoms with Gasteiger partial charge < -0.3 is 9.88 Å². The maximum absolute atomic E-state index is 12.5. The standard InChI is InChI=1S/C25H34N4OS/c1-3-29-22(15-25-12-18-9-19(13-25)11-20(10-18)14-25)27-28-24(29)31-16-23(30)26-17(2)21-7-5-4-6-8-21/h4-8,17-20H,3,9-16H2,1-2H3,(H,26,30). The van der Waals surface area contributed by atoms with Gasteiger partial charge in [-0.2, -0.15) is 0 Å². The maximum atomic E-state index is 12.5. The van der Waals surface area contributed by atoms with E-state index in [1.165, 1.54) is 50.3 Å². The van der Waals surface area contributed by atoms with Gasteiger partial charge in [0.25, 0.3) is 0 Å². The Hall–Kier alpha value is -1.82. The number of benzene rings is 1. The second-order valence-electron chi connectivity index (χ2n) is 10.2. The fourth-order valence-corrected chi connectivity index (χ4v) is 7.79. The second-order valence-corrected chi connectivity index (χ2v) is 11.2. The number of amides is 1. The van der Waals surface area contributed by atoms with Gasteiger partial charge in [-0.05, 0) is 81.1 Å². The summed E-state index contributed by atoms with van der Waals surface area (Å²) < 4.78 is 2.25. The summed E-state index contributed by atoms with van der Waals surface area (Å²) in [4.78, 5) is 12.5. The molecule has 1 aromatic heterocycles. The van der Waals surface area contributed by atoms with E-state index in [9.17, 15) is 4.79 Å². The molecule has 2 aromatic rings. The molecule has 1 aromatic carbocycles. The van der Waals surface area contributed by atoms with Crippen LogP contribution in [0.15, 0.2) is 35.5 Å². The van der Waals surface area contributed by atoms with E-state index in [1.54, 1.807) is 0 Å². The fraction of sp³-hybridized carbons (Fsp3) is 0.640. The minimum atomic E-state index is 0.00462. The van der Waals surface area contributed by atoms with Crippen LogP contribution in [-0.2, 0) is 17.8 Å². The molecule has 4 aliphatic carbocycles. The highest BCUT2D eigenvalue weighted by Crippen LogP contribution is 2.61. The number of carbonyl (C=O) groups is 1. The molecule has 4 saturated carbocycles. The second kappa shape index (κ2) is 8.61. The van der Waals surface area contributed by atoms with Crippen LogP contribution >= 0.6 is 11.8 Å². The van der Waals surface area contributed by atoms with Crippen molar-refractivity contribution in [2.45, 2.75) is 76.5 Å². The minimum absolute atomic E-state index is 0.00462. The van der Waals surface area contributed by atoms with E-state index < -0.39 is 0 Å². The number of carbonyl (C=O) groups excluding carboxylic acids is 1. The normalized spacial score (nSPS) is 29.8. The number of rotatable bonds is 8. The summed E-state index contributed by atoms with van der Waals surface area (Å²) in [7, 11) is 0. The zero-order valence-electron chi connectivity index (χ0n) is 18.7. The quantitative estimate of drug-likeness (QED) is 0.588. The van der Waals surface area contributed by atoms with Gasteiger partial charge in [-0.3, -0.25) is 4.79 Å². The molecule has 1 N–H and O–H groups in total. The number of aromatic nitrogens is 3. The molecule has 0 radical (unpaired) electrons. The molecule has 0 aliphatic heterocycles. The number of thioether (sulfide) groups is 1. The Morgan fingerprint density at radius 2 is 1.77 bits per heavy atom. The fourth-order valence-electron chi connectivity index (χ4n) is 6.95. The molecule has 1 amide bonds. The SMILES string of the molecule is CCn1c(CC23CC4CC(CC(C4)C2)C3)nnc1SCC(=O)NC(C)c1ccccc1. The average molecular weight is 439 g/mol. The highest BCUT2D eigenvalue weighted by molar-refractivity contribution is 7.99. The van der Waals surface area contributed by atoms with Crippen molar-refractivity contribution < 1.29 is 4.79 Å². The first kappa shape index (κ1) is 21.0. The van der Waals surface area contributed by atoms with Crippen LogP contribution in [0.4, 0.5) is 0 Å². The highest BCUT2D eigenvalue weighted by atomic mass is 32.2. The van der Waals surface area contributed by atoms with Gasteiger partial charge in [0.15, 0.2) is 5.16 Å². The Balaban J connectivity index is 1.21. The molecular weight excluding hydrogens is 404 g/mol. The molecule has 31 heavy (non-hydrogen) atoms. The van der Waals surface area contributed by atoms with Gasteiger partial charge in [0.2, 0.25) is 5.91 Å². The topological polar surface area (TPSA) is 59.8 Å². The molecular formula is C25H34N4OS. The Morgan fingerprint density at radius 3 is 2.39 bits per heavy atom. The third-order valence-corrected chi connectivity index (χ3v) is 8.78. The third kappa shape index (κ3) is 4.41. The van der Waals surface area contributed by atoms with Crippen LogP contribution < -0.4 is 5.32 Å². The third-order valence-electron chi connectivity index (χ3n) is 7.82. The van der Waals surface area contributed by atoms with E-state index >= 15 is 0 Å². The molecule has 6 heteroatoms. The van der Waals surface area contributed by atoms with Crippen LogP contribution in [0.1, 0.15) is 69.8 Å². The number of nitrogens with one attached hydrogen (secondary N) is 1. The summed E-state index contributed by atoms with van der Waals surface area (Å²) in [5, 5.41) is 13.1. The summed E-state index contributed by atoms with van der Waals surface area (Å²) >= 11 is 1.51. The summed E-state index contributed by atoms with van der Waals surface area (Å²) in [5.41, 5.74) is 1.58. The summed E-state index contributed by atoms with van der Waals surface area (Å²) in [5.74, 6) is 4.39. The molecule has 166 valence electrons. The predicted molar refractivity (Wildman–Crippen MR) is 124 cm³/mol. The Kier molecular flexibility index (Phi) is 5.84. The van der Waals surface area contributed by atoms with Crippen molar-refractivity contribution in [2.75, 3.05) is 5.75 Å². The van der Waals surface area contributed by atoms with E-state index in [1.807, 2.05) is 37.3 Å². The summed E-state index contributed by atoms with van der Waals surface area (Å²) in [6.45, 7) is 5.04. The molecule has 6 rings (SSSR count). The molecule has 0 spiro atoms. The number of hydrogen-bond donors (Lipinski definition) is 1. The van der Waals surface area contributed by atoms with Gasteiger partial charge in [-0.1, -0.05) is 42.1 Å². The lowest BCUT2D eigenvalue weighted by atomic mass is 9.49. The summed E-state index contributed by atoms with van der Waals surface area (Å²) in [6, 6.07) is 10.1. The lowest BCUT2D eigenvalue weighted by Gasteiger charge is -2.56. The predicted octanol–water partition coefficient (Wildman–Crippen LogP) is 5.03. The Labute approximate surface area is 189 Å². The smallest absolute Gasteiger partial charge is 0.230 e. The largest absolute Gasteiger partial charge is 0.349 e. The minimum Gasteiger partial charge on any atom is -0.349 e. The van der Waals surface area contributed by atoms with Crippen LogP contribution in [-0.4, -0.2) is 26.4 Å². The van der Waals surface area contributed by atoms with Crippen molar-refractivity contribution in [2.24, 2.45) is 23.2 Å². The van der Waals surface area contributed by atoms with Crippen molar-refractivity contribution in [3.63, 3.8) is 0 Å². The molecule has 1 atom stereocenters. The first-order valence-corrected chi connectivity index (χ1v) is 12.9. The van der Waals surface area contributed by atoms with Crippen molar-refractivity contribution in [1.82, 2.24) is 20.1 Å². The van der Waals surface area contributed by atoms with Gasteiger partial charge >= 0.3 is 0 Å². The maximum Gasteiger partial charge on any atom is 0.230 e. The van der Waals surface area contributed by atoms with E-state index in [-0.39, 0.29) is 11.9 Å². The van der Waals surface area contributed by atoms with Gasteiger partial charge in [-0.25, -0.2) is 0 Å². The molecule has 5 nitrogen and oxygen atoms in total. The van der Waals surface area contributed by atoms with E-state index in [0.29, 0.717) is 11.2 Å². The van der Waals surface area contributed by atoms with Crippen LogP contribution in [0.2, 0.25) is 0 Å². The first-order valence-electron chi connectivity index (χ1n) is 11.9. The van der Waals surface area contributed by atoms with E-state index in [2.05, 4.69) is 27.0 Å². The van der Waals surface area contributed by atoms with Crippen LogP contribution in [0.3, 0.4) is 0 Å². The molecule has 4 aliphatic rings. The zero-order chi connectivity index (χ0) is 21.4. The molecule has 1 unspecified atom stereocenters. The molecule has 4 bridgehead atoms. The van der Waals surface area contributed by atoms with Crippen molar-refractivity contribution in [3.05, 3.63) is 41.7 Å². The first-order chi connectivity index (χ1) is 15.0. The van der Waals surface area contributed by atoms with Gasteiger partial charge in [-0.15, -0.1) is 10.2 Å². The van der Waals surface area contributed by atoms with E-state index in [4.69, 9.17) is 0 Å². The van der Waals surface area contributed by atoms with Crippen molar-refractivity contribution in [1.29, 1.82) is 0 Å². The van der Waals surface area contributed by atoms with Gasteiger partial charge in [0.05, 0.1) is 11.8 Å². The van der Waals surface area contributed by atoms with E-state index in [0.717, 1.165) is 47.3 Å². The van der Waals surface area contributed by atoms with Crippen molar-refractivity contribution >= 4 is 17.7 Å². The Morgan fingerprint density at radius 1 is 1.13 bits per heavy atom. The monoisotopic (exact) mass is 438 g/mol. The van der Waals surface area contributed by atoms with Gasteiger partial charge in [0.1, 0.15) is 5.82 Å². The summed E-state index contributed by atoms with van der Waals surface area (Å²) in [6.07, 6.45) is 9.63. The zero-order valence-corrected chi connectivity index (χ0v) is 19.5. The number of nitrogens with zero attached hydrogens (tertiary/aromatic N) is 3. The van der Waals surface area contributed by atoms with Gasteiger partial charge in [0, 0.05) is 13.0 Å². The van der Waals surface area contributed by atoms with Crippen LogP contribution in [0.5, 0.6) is 0 Å².